The number of anilines is 1. The Hall–Kier alpha value is -2.86. The van der Waals surface area contributed by atoms with Gasteiger partial charge in [0.25, 0.3) is 0 Å². The second-order valence-corrected chi connectivity index (χ2v) is 8.75. The fourth-order valence-corrected chi connectivity index (χ4v) is 3.31. The van der Waals surface area contributed by atoms with Gasteiger partial charge in [0.15, 0.2) is 0 Å². The van der Waals surface area contributed by atoms with Gasteiger partial charge in [-0.3, -0.25) is 9.78 Å². The third-order valence-electron chi connectivity index (χ3n) is 4.58. The maximum atomic E-state index is 12.6. The first-order chi connectivity index (χ1) is 14.1. The Balaban J connectivity index is 2.03. The molecule has 0 unspecified atom stereocenters. The number of nitrogens with one attached hydrogen (secondary N) is 2. The maximum Gasteiger partial charge on any atom is 0.408 e. The van der Waals surface area contributed by atoms with Gasteiger partial charge in [-0.25, -0.2) is 4.79 Å². The molecule has 0 saturated heterocycles. The Morgan fingerprint density at radius 1 is 1.30 bits per heavy atom. The monoisotopic (exact) mass is 427 g/mol. The summed E-state index contributed by atoms with van der Waals surface area (Å²) in [7, 11) is 0. The van der Waals surface area contributed by atoms with Crippen LogP contribution in [0.15, 0.2) is 48.7 Å². The van der Waals surface area contributed by atoms with Crippen molar-refractivity contribution in [2.24, 2.45) is 5.92 Å². The number of benzene rings is 1. The minimum atomic E-state index is -0.595. The molecule has 1 aromatic heterocycles. The molecule has 6 nitrogen and oxygen atoms in total. The van der Waals surface area contributed by atoms with Crippen molar-refractivity contribution in [3.8, 4) is 11.3 Å². The van der Waals surface area contributed by atoms with Crippen molar-refractivity contribution in [2.75, 3.05) is 5.32 Å². The number of ether oxygens (including phenoxy) is 1. The largest absolute Gasteiger partial charge is 0.444 e. The molecule has 2 heterocycles. The molecule has 1 aliphatic heterocycles. The number of hydrogen-bond donors (Lipinski definition) is 2. The van der Waals surface area contributed by atoms with E-state index in [1.54, 1.807) is 12.3 Å². The van der Waals surface area contributed by atoms with Gasteiger partial charge in [-0.2, -0.15) is 0 Å². The van der Waals surface area contributed by atoms with E-state index in [1.165, 1.54) is 0 Å². The maximum absolute atomic E-state index is 12.6. The van der Waals surface area contributed by atoms with Crippen molar-refractivity contribution >= 4 is 29.3 Å². The van der Waals surface area contributed by atoms with Gasteiger partial charge >= 0.3 is 6.09 Å². The molecule has 2 aromatic rings. The standard InChI is InChI=1S/C23H26ClN3O3/c1-14-7-5-10-18(27-22(29)30-23(2,3)4)15-8-6-9-16(11-15)20-19(26-21(14)28)12-17(24)13-25-20/h5-9,11-14,18H,10H2,1-4H3,(H,26,28)(H,27,29)/b7-5-/t14-,18+/m1/s1. The minimum absolute atomic E-state index is 0.162. The summed E-state index contributed by atoms with van der Waals surface area (Å²) in [5.74, 6) is -0.526. The van der Waals surface area contributed by atoms with Gasteiger partial charge in [0.2, 0.25) is 5.91 Å². The molecular weight excluding hydrogens is 402 g/mol. The molecule has 0 aliphatic carbocycles. The normalized spacial score (nSPS) is 20.1. The number of pyridine rings is 1. The Morgan fingerprint density at radius 2 is 2.07 bits per heavy atom. The third-order valence-corrected chi connectivity index (χ3v) is 4.78. The summed E-state index contributed by atoms with van der Waals surface area (Å²) in [4.78, 5) is 29.5. The van der Waals surface area contributed by atoms with Crippen LogP contribution in [0.4, 0.5) is 10.5 Å². The van der Waals surface area contributed by atoms with Crippen molar-refractivity contribution in [3.05, 3.63) is 59.3 Å². The van der Waals surface area contributed by atoms with Crippen molar-refractivity contribution in [1.29, 1.82) is 0 Å². The number of rotatable bonds is 1. The highest BCUT2D eigenvalue weighted by Crippen LogP contribution is 2.31. The van der Waals surface area contributed by atoms with Gasteiger partial charge in [0.1, 0.15) is 5.60 Å². The average Bonchev–Trinajstić information content (AvgIpc) is 2.65. The number of hydrogen-bond acceptors (Lipinski definition) is 4. The fraction of sp³-hybridized carbons (Fsp3) is 0.348. The highest BCUT2D eigenvalue weighted by atomic mass is 35.5. The van der Waals surface area contributed by atoms with E-state index in [2.05, 4.69) is 15.6 Å². The van der Waals surface area contributed by atoms with E-state index in [9.17, 15) is 9.59 Å². The number of alkyl carbamates (subject to hydrolysis) is 1. The van der Waals surface area contributed by atoms with Crippen LogP contribution in [0.5, 0.6) is 0 Å². The lowest BCUT2D eigenvalue weighted by molar-refractivity contribution is -0.118. The smallest absolute Gasteiger partial charge is 0.408 e. The number of fused-ring (bicyclic) bond motifs is 4. The first-order valence-electron chi connectivity index (χ1n) is 9.85. The molecule has 0 spiro atoms. The van der Waals surface area contributed by atoms with Crippen LogP contribution in [-0.4, -0.2) is 22.6 Å². The summed E-state index contributed by atoms with van der Waals surface area (Å²) in [6.45, 7) is 7.28. The molecule has 2 bridgehead atoms. The highest BCUT2D eigenvalue weighted by molar-refractivity contribution is 6.31. The van der Waals surface area contributed by atoms with E-state index in [0.29, 0.717) is 22.8 Å². The van der Waals surface area contributed by atoms with E-state index < -0.39 is 11.7 Å². The second-order valence-electron chi connectivity index (χ2n) is 8.32. The van der Waals surface area contributed by atoms with Crippen LogP contribution in [0.2, 0.25) is 5.02 Å². The van der Waals surface area contributed by atoms with E-state index >= 15 is 0 Å². The zero-order valence-corrected chi connectivity index (χ0v) is 18.3. The van der Waals surface area contributed by atoms with Gasteiger partial charge in [0.05, 0.1) is 28.4 Å². The number of aromatic nitrogens is 1. The Bertz CT molecular complexity index is 982. The fourth-order valence-electron chi connectivity index (χ4n) is 3.15. The zero-order valence-electron chi connectivity index (χ0n) is 17.5. The summed E-state index contributed by atoms with van der Waals surface area (Å²) in [6, 6.07) is 9.07. The van der Waals surface area contributed by atoms with Crippen LogP contribution >= 0.6 is 11.6 Å². The number of halogens is 1. The topological polar surface area (TPSA) is 80.3 Å². The van der Waals surface area contributed by atoms with Gasteiger partial charge in [-0.1, -0.05) is 48.9 Å². The molecule has 0 radical (unpaired) electrons. The van der Waals surface area contributed by atoms with E-state index in [-0.39, 0.29) is 17.9 Å². The lowest BCUT2D eigenvalue weighted by Crippen LogP contribution is -2.35. The third kappa shape index (κ3) is 5.60. The van der Waals surface area contributed by atoms with Crippen molar-refractivity contribution in [3.63, 3.8) is 0 Å². The zero-order chi connectivity index (χ0) is 21.9. The summed E-state index contributed by atoms with van der Waals surface area (Å²) < 4.78 is 5.43. The molecule has 0 saturated carbocycles. The molecule has 1 aromatic carbocycles. The van der Waals surface area contributed by atoms with Gasteiger partial charge in [0, 0.05) is 11.8 Å². The molecule has 30 heavy (non-hydrogen) atoms. The number of carbonyl (C=O) groups is 2. The van der Waals surface area contributed by atoms with Crippen LogP contribution in [0.3, 0.4) is 0 Å². The number of amides is 2. The summed E-state index contributed by atoms with van der Waals surface area (Å²) >= 11 is 6.11. The summed E-state index contributed by atoms with van der Waals surface area (Å²) in [6.07, 6.45) is 5.29. The van der Waals surface area contributed by atoms with Crippen molar-refractivity contribution in [1.82, 2.24) is 10.3 Å². The van der Waals surface area contributed by atoms with Gasteiger partial charge in [-0.15, -0.1) is 0 Å². The number of carbonyl (C=O) groups excluding carboxylic acids is 2. The number of nitrogens with zero attached hydrogens (tertiary/aromatic N) is 1. The van der Waals surface area contributed by atoms with Gasteiger partial charge in [-0.05, 0) is 44.9 Å². The van der Waals surface area contributed by atoms with Crippen LogP contribution in [0.1, 0.15) is 45.7 Å². The predicted molar refractivity (Wildman–Crippen MR) is 118 cm³/mol. The van der Waals surface area contributed by atoms with E-state index in [1.807, 2.05) is 64.1 Å². The van der Waals surface area contributed by atoms with Crippen LogP contribution in [0.25, 0.3) is 11.3 Å². The quantitative estimate of drug-likeness (QED) is 0.588. The van der Waals surface area contributed by atoms with Crippen LogP contribution < -0.4 is 10.6 Å². The molecule has 7 heteroatoms. The molecule has 2 atom stereocenters. The Kier molecular flexibility index (Phi) is 6.46. The lowest BCUT2D eigenvalue weighted by atomic mass is 9.97. The summed E-state index contributed by atoms with van der Waals surface area (Å²) in [5, 5.41) is 6.30. The van der Waals surface area contributed by atoms with Crippen LogP contribution in [0, 0.1) is 5.92 Å². The highest BCUT2D eigenvalue weighted by Gasteiger charge is 2.22. The Labute approximate surface area is 181 Å². The molecule has 2 N–H and O–H groups in total. The van der Waals surface area contributed by atoms with Crippen molar-refractivity contribution < 1.29 is 14.3 Å². The first-order valence-corrected chi connectivity index (χ1v) is 10.2. The average molecular weight is 428 g/mol. The Morgan fingerprint density at radius 3 is 2.80 bits per heavy atom. The molecule has 2 amide bonds. The van der Waals surface area contributed by atoms with Crippen LogP contribution in [-0.2, 0) is 9.53 Å². The second kappa shape index (κ2) is 8.88. The molecular formula is C23H26ClN3O3. The van der Waals surface area contributed by atoms with Gasteiger partial charge < -0.3 is 15.4 Å². The van der Waals surface area contributed by atoms with E-state index in [0.717, 1.165) is 11.1 Å². The summed E-state index contributed by atoms with van der Waals surface area (Å²) in [5.41, 5.74) is 2.28. The predicted octanol–water partition coefficient (Wildman–Crippen LogP) is 5.50. The van der Waals surface area contributed by atoms with E-state index in [4.69, 9.17) is 16.3 Å². The minimum Gasteiger partial charge on any atom is -0.444 e. The molecule has 158 valence electrons. The lowest BCUT2D eigenvalue weighted by Gasteiger charge is -2.24. The molecule has 1 aliphatic rings. The molecule has 0 fully saturated rings. The first kappa shape index (κ1) is 21.8. The van der Waals surface area contributed by atoms with Crippen molar-refractivity contribution in [2.45, 2.75) is 45.8 Å². The molecule has 3 rings (SSSR count). The SMILES string of the molecule is C[C@@H]1/C=C\C[C@H](NC(=O)OC(C)(C)C)c2cccc(c2)-c2ncc(Cl)cc2NC1=O.